The molecule has 3 aromatic rings. The van der Waals surface area contributed by atoms with E-state index in [-0.39, 0.29) is 0 Å². The Hall–Kier alpha value is -2.74. The Morgan fingerprint density at radius 2 is 1.88 bits per heavy atom. The molecule has 0 unspecified atom stereocenters. The number of allylic oxidation sites excluding steroid dienone is 1. The highest BCUT2D eigenvalue weighted by atomic mass is 16.5. The van der Waals surface area contributed by atoms with Gasteiger partial charge in [-0.2, -0.15) is 0 Å². The number of fused-ring (bicyclic) bond motifs is 1. The molecule has 0 aliphatic heterocycles. The zero-order chi connectivity index (χ0) is 18.3. The number of benzene rings is 2. The Kier molecular flexibility index (Phi) is 4.20. The highest BCUT2D eigenvalue weighted by Gasteiger charge is 2.23. The summed E-state index contributed by atoms with van der Waals surface area (Å²) in [6.07, 6.45) is 4.20. The van der Waals surface area contributed by atoms with Crippen LogP contribution in [0.1, 0.15) is 40.7 Å². The molecule has 1 heterocycles. The molecule has 0 amide bonds. The monoisotopic (exact) mass is 344 g/mol. The van der Waals surface area contributed by atoms with E-state index >= 15 is 0 Å². The topological polar surface area (TPSA) is 22.4 Å². The van der Waals surface area contributed by atoms with E-state index in [0.717, 1.165) is 35.7 Å². The third-order valence-electron chi connectivity index (χ3n) is 5.36. The van der Waals surface area contributed by atoms with E-state index in [1.807, 2.05) is 19.1 Å². The first-order valence-electron chi connectivity index (χ1n) is 9.18. The summed E-state index contributed by atoms with van der Waals surface area (Å²) < 4.78 is 11.6. The van der Waals surface area contributed by atoms with Crippen molar-refractivity contribution >= 4 is 11.6 Å². The SMILES string of the molecule is CCc1ccc2c(c1-c1ccccc1OC)C=C(c1cc(C)c(C)o1)C2. The molecule has 1 aromatic heterocycles. The molecule has 0 saturated heterocycles. The maximum Gasteiger partial charge on any atom is 0.130 e. The molecule has 0 atom stereocenters. The van der Waals surface area contributed by atoms with Crippen molar-refractivity contribution in [3.05, 3.63) is 76.2 Å². The molecule has 132 valence electrons. The molecule has 0 bridgehead atoms. The van der Waals surface area contributed by atoms with Crippen molar-refractivity contribution in [3.8, 4) is 16.9 Å². The van der Waals surface area contributed by atoms with Gasteiger partial charge in [-0.15, -0.1) is 0 Å². The van der Waals surface area contributed by atoms with Crippen LogP contribution in [0.3, 0.4) is 0 Å². The van der Waals surface area contributed by atoms with Crippen LogP contribution in [0.15, 0.2) is 46.9 Å². The normalized spacial score (nSPS) is 12.8. The Labute approximate surface area is 155 Å². The molecular weight excluding hydrogens is 320 g/mol. The first-order chi connectivity index (χ1) is 12.6. The highest BCUT2D eigenvalue weighted by Crippen LogP contribution is 2.43. The fraction of sp³-hybridized carbons (Fsp3) is 0.250. The van der Waals surface area contributed by atoms with Crippen molar-refractivity contribution in [1.82, 2.24) is 0 Å². The van der Waals surface area contributed by atoms with E-state index in [9.17, 15) is 0 Å². The highest BCUT2D eigenvalue weighted by molar-refractivity contribution is 5.95. The van der Waals surface area contributed by atoms with Crippen LogP contribution in [-0.2, 0) is 12.8 Å². The first kappa shape index (κ1) is 16.7. The van der Waals surface area contributed by atoms with Crippen molar-refractivity contribution in [1.29, 1.82) is 0 Å². The maximum absolute atomic E-state index is 5.98. The standard InChI is InChI=1S/C24H24O2/c1-5-17-10-11-18-13-19(23-12-15(2)16(3)26-23)14-21(18)24(17)20-8-6-7-9-22(20)25-4/h6-12,14H,5,13H2,1-4H3. The van der Waals surface area contributed by atoms with E-state index in [2.05, 4.69) is 50.3 Å². The summed E-state index contributed by atoms with van der Waals surface area (Å²) in [6.45, 7) is 6.33. The van der Waals surface area contributed by atoms with Gasteiger partial charge in [-0.1, -0.05) is 37.3 Å². The van der Waals surface area contributed by atoms with Gasteiger partial charge in [0.1, 0.15) is 17.3 Å². The van der Waals surface area contributed by atoms with E-state index in [0.29, 0.717) is 0 Å². The van der Waals surface area contributed by atoms with Crippen molar-refractivity contribution in [2.75, 3.05) is 7.11 Å². The number of rotatable bonds is 4. The average molecular weight is 344 g/mol. The molecule has 1 aliphatic rings. The lowest BCUT2D eigenvalue weighted by atomic mass is 9.90. The first-order valence-corrected chi connectivity index (χ1v) is 9.18. The van der Waals surface area contributed by atoms with Crippen LogP contribution in [0.2, 0.25) is 0 Å². The summed E-state index contributed by atoms with van der Waals surface area (Å²) in [5, 5.41) is 0. The van der Waals surface area contributed by atoms with E-state index < -0.39 is 0 Å². The van der Waals surface area contributed by atoms with Gasteiger partial charge < -0.3 is 9.15 Å². The van der Waals surface area contributed by atoms with Crippen molar-refractivity contribution < 1.29 is 9.15 Å². The summed E-state index contributed by atoms with van der Waals surface area (Å²) in [5.41, 5.74) is 8.90. The number of ether oxygens (including phenoxy) is 1. The van der Waals surface area contributed by atoms with Gasteiger partial charge in [0, 0.05) is 12.0 Å². The maximum atomic E-state index is 5.98. The second-order valence-corrected chi connectivity index (χ2v) is 6.92. The predicted molar refractivity (Wildman–Crippen MR) is 108 cm³/mol. The lowest BCUT2D eigenvalue weighted by Gasteiger charge is -2.16. The Balaban J connectivity index is 1.91. The molecule has 0 spiro atoms. The van der Waals surface area contributed by atoms with E-state index in [1.165, 1.54) is 33.4 Å². The third kappa shape index (κ3) is 2.66. The number of aryl methyl sites for hydroxylation is 3. The van der Waals surface area contributed by atoms with Crippen LogP contribution in [0, 0.1) is 13.8 Å². The molecule has 0 N–H and O–H groups in total. The molecule has 2 heteroatoms. The summed E-state index contributed by atoms with van der Waals surface area (Å²) in [6, 6.07) is 15.0. The molecule has 2 aromatic carbocycles. The smallest absolute Gasteiger partial charge is 0.130 e. The van der Waals surface area contributed by atoms with Crippen LogP contribution in [0.4, 0.5) is 0 Å². The second kappa shape index (κ2) is 6.53. The minimum atomic E-state index is 0.911. The molecule has 4 rings (SSSR count). The van der Waals surface area contributed by atoms with Crippen LogP contribution in [0.5, 0.6) is 5.75 Å². The number of furan rings is 1. The number of hydrogen-bond donors (Lipinski definition) is 0. The quantitative estimate of drug-likeness (QED) is 0.559. The van der Waals surface area contributed by atoms with Crippen molar-refractivity contribution in [3.63, 3.8) is 0 Å². The molecule has 1 aliphatic carbocycles. The molecule has 26 heavy (non-hydrogen) atoms. The molecule has 0 saturated carbocycles. The zero-order valence-corrected chi connectivity index (χ0v) is 15.8. The number of hydrogen-bond acceptors (Lipinski definition) is 2. The fourth-order valence-corrected chi connectivity index (χ4v) is 3.81. The minimum Gasteiger partial charge on any atom is -0.496 e. The van der Waals surface area contributed by atoms with Crippen LogP contribution < -0.4 is 4.74 Å². The van der Waals surface area contributed by atoms with Gasteiger partial charge in [0.05, 0.1) is 7.11 Å². The molecule has 0 radical (unpaired) electrons. The van der Waals surface area contributed by atoms with E-state index in [1.54, 1.807) is 7.11 Å². The van der Waals surface area contributed by atoms with Crippen molar-refractivity contribution in [2.24, 2.45) is 0 Å². The van der Waals surface area contributed by atoms with Gasteiger partial charge in [-0.25, -0.2) is 0 Å². The van der Waals surface area contributed by atoms with Gasteiger partial charge in [-0.05, 0) is 71.9 Å². The van der Waals surface area contributed by atoms with Crippen LogP contribution in [-0.4, -0.2) is 7.11 Å². The predicted octanol–water partition coefficient (Wildman–Crippen LogP) is 6.23. The third-order valence-corrected chi connectivity index (χ3v) is 5.36. The Morgan fingerprint density at radius 1 is 1.08 bits per heavy atom. The van der Waals surface area contributed by atoms with Crippen LogP contribution >= 0.6 is 0 Å². The molecule has 0 fully saturated rings. The van der Waals surface area contributed by atoms with Gasteiger partial charge in [0.2, 0.25) is 0 Å². The minimum absolute atomic E-state index is 0.911. The lowest BCUT2D eigenvalue weighted by molar-refractivity contribution is 0.416. The largest absolute Gasteiger partial charge is 0.496 e. The van der Waals surface area contributed by atoms with Gasteiger partial charge >= 0.3 is 0 Å². The van der Waals surface area contributed by atoms with Crippen molar-refractivity contribution in [2.45, 2.75) is 33.6 Å². The van der Waals surface area contributed by atoms with Gasteiger partial charge in [0.25, 0.3) is 0 Å². The zero-order valence-electron chi connectivity index (χ0n) is 15.8. The van der Waals surface area contributed by atoms with Gasteiger partial charge in [-0.3, -0.25) is 0 Å². The average Bonchev–Trinajstić information content (AvgIpc) is 3.24. The fourth-order valence-electron chi connectivity index (χ4n) is 3.81. The molecule has 2 nitrogen and oxygen atoms in total. The lowest BCUT2D eigenvalue weighted by Crippen LogP contribution is -1.96. The Bertz CT molecular complexity index is 986. The van der Waals surface area contributed by atoms with E-state index in [4.69, 9.17) is 9.15 Å². The summed E-state index contributed by atoms with van der Waals surface area (Å²) in [5.74, 6) is 2.90. The number of para-hydroxylation sites is 1. The second-order valence-electron chi connectivity index (χ2n) is 6.92. The summed E-state index contributed by atoms with van der Waals surface area (Å²) in [4.78, 5) is 0. The summed E-state index contributed by atoms with van der Waals surface area (Å²) >= 11 is 0. The Morgan fingerprint density at radius 3 is 2.58 bits per heavy atom. The van der Waals surface area contributed by atoms with Gasteiger partial charge in [0.15, 0.2) is 0 Å². The van der Waals surface area contributed by atoms with Crippen LogP contribution in [0.25, 0.3) is 22.8 Å². The molecular formula is C24H24O2. The summed E-state index contributed by atoms with van der Waals surface area (Å²) in [7, 11) is 1.74. The number of methoxy groups -OCH3 is 1.